The zero-order valence-electron chi connectivity index (χ0n) is 10.7. The number of rotatable bonds is 5. The van der Waals surface area contributed by atoms with E-state index in [0.29, 0.717) is 24.7 Å². The van der Waals surface area contributed by atoms with Crippen molar-refractivity contribution < 1.29 is 4.74 Å². The minimum absolute atomic E-state index is 0.437. The van der Waals surface area contributed by atoms with Crippen molar-refractivity contribution in [3.63, 3.8) is 0 Å². The molecule has 0 aromatic carbocycles. The number of ether oxygens (including phenoxy) is 1. The van der Waals surface area contributed by atoms with Crippen molar-refractivity contribution in [3.05, 3.63) is 17.5 Å². The van der Waals surface area contributed by atoms with Gasteiger partial charge in [-0.15, -0.1) is 0 Å². The predicted octanol–water partition coefficient (Wildman–Crippen LogP) is 1.78. The molecule has 0 fully saturated rings. The SMILES string of the molecule is CCOc1c(N)nsc1NCc1cnn(C)c1C. The Kier molecular flexibility index (Phi) is 3.71. The Hall–Kier alpha value is -1.76. The molecule has 0 radical (unpaired) electrons. The number of aromatic nitrogens is 3. The molecule has 0 unspecified atom stereocenters. The average Bonchev–Trinajstić information content (AvgIpc) is 2.85. The molecule has 0 aliphatic rings. The molecule has 0 saturated heterocycles. The standard InChI is InChI=1S/C11H17N5OS/c1-4-17-9-10(12)15-18-11(9)13-5-8-6-14-16(3)7(8)2/h6,13H,4-5H2,1-3H3,(H2,12,15). The number of aryl methyl sites for hydroxylation is 1. The van der Waals surface area contributed by atoms with Gasteiger partial charge < -0.3 is 15.8 Å². The Bertz CT molecular complexity index is 534. The second-order valence-corrected chi connectivity index (χ2v) is 4.66. The normalized spacial score (nSPS) is 10.6. The van der Waals surface area contributed by atoms with Crippen molar-refractivity contribution in [2.24, 2.45) is 7.05 Å². The Morgan fingerprint density at radius 3 is 2.94 bits per heavy atom. The van der Waals surface area contributed by atoms with Crippen LogP contribution in [0.25, 0.3) is 0 Å². The second kappa shape index (κ2) is 5.26. The zero-order chi connectivity index (χ0) is 13.1. The summed E-state index contributed by atoms with van der Waals surface area (Å²) in [5, 5.41) is 8.35. The summed E-state index contributed by atoms with van der Waals surface area (Å²) >= 11 is 1.31. The maximum atomic E-state index is 5.75. The predicted molar refractivity (Wildman–Crippen MR) is 73.0 cm³/mol. The van der Waals surface area contributed by atoms with Crippen LogP contribution in [0.3, 0.4) is 0 Å². The number of nitrogen functional groups attached to an aromatic ring is 1. The van der Waals surface area contributed by atoms with Crippen molar-refractivity contribution in [2.45, 2.75) is 20.4 Å². The molecule has 3 N–H and O–H groups in total. The van der Waals surface area contributed by atoms with E-state index in [9.17, 15) is 0 Å². The van der Waals surface area contributed by atoms with E-state index in [2.05, 4.69) is 14.8 Å². The lowest BCUT2D eigenvalue weighted by Crippen LogP contribution is -2.03. The van der Waals surface area contributed by atoms with Crippen molar-refractivity contribution in [2.75, 3.05) is 17.7 Å². The molecule has 18 heavy (non-hydrogen) atoms. The van der Waals surface area contributed by atoms with E-state index in [-0.39, 0.29) is 0 Å². The van der Waals surface area contributed by atoms with E-state index < -0.39 is 0 Å². The second-order valence-electron chi connectivity index (χ2n) is 3.89. The molecule has 0 aliphatic carbocycles. The van der Waals surface area contributed by atoms with Crippen molar-refractivity contribution in [1.29, 1.82) is 0 Å². The first kappa shape index (κ1) is 12.7. The fourth-order valence-corrected chi connectivity index (χ4v) is 2.24. The summed E-state index contributed by atoms with van der Waals surface area (Å²) in [6.07, 6.45) is 1.85. The first-order chi connectivity index (χ1) is 8.63. The molecule has 98 valence electrons. The highest BCUT2D eigenvalue weighted by molar-refractivity contribution is 7.11. The number of nitrogens with zero attached hydrogens (tertiary/aromatic N) is 3. The van der Waals surface area contributed by atoms with Crippen LogP contribution in [0.2, 0.25) is 0 Å². The highest BCUT2D eigenvalue weighted by Crippen LogP contribution is 2.35. The van der Waals surface area contributed by atoms with Crippen LogP contribution in [0.4, 0.5) is 10.8 Å². The lowest BCUT2D eigenvalue weighted by Gasteiger charge is -2.07. The number of nitrogens with two attached hydrogens (primary N) is 1. The number of hydrogen-bond acceptors (Lipinski definition) is 6. The van der Waals surface area contributed by atoms with Crippen LogP contribution in [-0.2, 0) is 13.6 Å². The van der Waals surface area contributed by atoms with Gasteiger partial charge in [-0.25, -0.2) is 0 Å². The molecule has 2 aromatic rings. The molecule has 0 atom stereocenters. The third-order valence-corrected chi connectivity index (χ3v) is 3.54. The van der Waals surface area contributed by atoms with Crippen LogP contribution in [0.1, 0.15) is 18.2 Å². The van der Waals surface area contributed by atoms with Crippen LogP contribution in [0, 0.1) is 6.92 Å². The van der Waals surface area contributed by atoms with E-state index in [4.69, 9.17) is 10.5 Å². The zero-order valence-corrected chi connectivity index (χ0v) is 11.5. The molecule has 7 heteroatoms. The summed E-state index contributed by atoms with van der Waals surface area (Å²) < 4.78 is 11.4. The maximum absolute atomic E-state index is 5.75. The Morgan fingerprint density at radius 2 is 2.33 bits per heavy atom. The maximum Gasteiger partial charge on any atom is 0.197 e. The number of anilines is 2. The summed E-state index contributed by atoms with van der Waals surface area (Å²) in [7, 11) is 1.93. The minimum atomic E-state index is 0.437. The summed E-state index contributed by atoms with van der Waals surface area (Å²) in [5.74, 6) is 1.08. The average molecular weight is 267 g/mol. The molecule has 0 saturated carbocycles. The van der Waals surface area contributed by atoms with Gasteiger partial charge in [0.1, 0.15) is 0 Å². The molecule has 0 bridgehead atoms. The van der Waals surface area contributed by atoms with E-state index in [1.807, 2.05) is 31.8 Å². The van der Waals surface area contributed by atoms with Gasteiger partial charge in [-0.3, -0.25) is 4.68 Å². The first-order valence-electron chi connectivity index (χ1n) is 5.72. The van der Waals surface area contributed by atoms with Crippen molar-refractivity contribution in [1.82, 2.24) is 14.2 Å². The Labute approximate surface area is 110 Å². The smallest absolute Gasteiger partial charge is 0.197 e. The highest BCUT2D eigenvalue weighted by Gasteiger charge is 2.13. The molecule has 0 aliphatic heterocycles. The van der Waals surface area contributed by atoms with Crippen molar-refractivity contribution in [3.8, 4) is 5.75 Å². The molecule has 2 heterocycles. The quantitative estimate of drug-likeness (QED) is 0.863. The summed E-state index contributed by atoms with van der Waals surface area (Å²) in [4.78, 5) is 0. The molecule has 2 aromatic heterocycles. The van der Waals surface area contributed by atoms with Crippen LogP contribution in [0.15, 0.2) is 6.20 Å². The number of hydrogen-bond donors (Lipinski definition) is 2. The monoisotopic (exact) mass is 267 g/mol. The molecule has 0 spiro atoms. The molecule has 2 rings (SSSR count). The first-order valence-corrected chi connectivity index (χ1v) is 6.50. The summed E-state index contributed by atoms with van der Waals surface area (Å²) in [5.41, 5.74) is 8.03. The fourth-order valence-electron chi connectivity index (χ4n) is 1.58. The summed E-state index contributed by atoms with van der Waals surface area (Å²) in [6.45, 7) is 5.21. The summed E-state index contributed by atoms with van der Waals surface area (Å²) in [6, 6.07) is 0. The van der Waals surface area contributed by atoms with E-state index >= 15 is 0 Å². The van der Waals surface area contributed by atoms with Gasteiger partial charge in [0.2, 0.25) is 0 Å². The molecule has 6 nitrogen and oxygen atoms in total. The van der Waals surface area contributed by atoms with Gasteiger partial charge >= 0.3 is 0 Å². The van der Waals surface area contributed by atoms with Gasteiger partial charge in [0.15, 0.2) is 16.6 Å². The minimum Gasteiger partial charge on any atom is -0.487 e. The lowest BCUT2D eigenvalue weighted by molar-refractivity contribution is 0.344. The largest absolute Gasteiger partial charge is 0.487 e. The highest BCUT2D eigenvalue weighted by atomic mass is 32.1. The molecule has 0 amide bonds. The van der Waals surface area contributed by atoms with E-state index in [1.165, 1.54) is 11.5 Å². The van der Waals surface area contributed by atoms with Gasteiger partial charge in [-0.05, 0) is 25.4 Å². The van der Waals surface area contributed by atoms with Crippen LogP contribution >= 0.6 is 11.5 Å². The van der Waals surface area contributed by atoms with Gasteiger partial charge in [-0.1, -0.05) is 0 Å². The van der Waals surface area contributed by atoms with Gasteiger partial charge in [-0.2, -0.15) is 9.47 Å². The fraction of sp³-hybridized carbons (Fsp3) is 0.455. The van der Waals surface area contributed by atoms with Crippen LogP contribution in [0.5, 0.6) is 5.75 Å². The van der Waals surface area contributed by atoms with Gasteiger partial charge in [0.25, 0.3) is 0 Å². The van der Waals surface area contributed by atoms with Crippen LogP contribution < -0.4 is 15.8 Å². The van der Waals surface area contributed by atoms with E-state index in [1.54, 1.807) is 0 Å². The van der Waals surface area contributed by atoms with Gasteiger partial charge in [0, 0.05) is 24.8 Å². The Morgan fingerprint density at radius 1 is 1.56 bits per heavy atom. The number of nitrogens with one attached hydrogen (secondary N) is 1. The third-order valence-electron chi connectivity index (χ3n) is 2.74. The van der Waals surface area contributed by atoms with E-state index in [0.717, 1.165) is 16.3 Å². The lowest BCUT2D eigenvalue weighted by atomic mass is 10.2. The molecular weight excluding hydrogens is 250 g/mol. The van der Waals surface area contributed by atoms with Crippen molar-refractivity contribution >= 4 is 22.4 Å². The van der Waals surface area contributed by atoms with Gasteiger partial charge in [0.05, 0.1) is 12.8 Å². The molecular formula is C11H17N5OS. The van der Waals surface area contributed by atoms with Crippen LogP contribution in [-0.4, -0.2) is 20.8 Å². The Balaban J connectivity index is 2.08. The topological polar surface area (TPSA) is 78.0 Å². The third kappa shape index (κ3) is 2.40.